The molecule has 0 radical (unpaired) electrons. The van der Waals surface area contributed by atoms with E-state index in [0.717, 1.165) is 11.5 Å². The Labute approximate surface area is 72.4 Å². The number of rotatable bonds is 1. The fourth-order valence-electron chi connectivity index (χ4n) is 1.32. The fraction of sp³-hybridized carbons (Fsp3) is 0.400. The summed E-state index contributed by atoms with van der Waals surface area (Å²) in [5, 5.41) is 0. The number of nitrogens with zero attached hydrogens (tertiary/aromatic N) is 2. The number of allylic oxidation sites excluding steroid dienone is 2. The number of hydrogen-bond donors (Lipinski definition) is 0. The van der Waals surface area contributed by atoms with E-state index in [1.54, 1.807) is 0 Å². The molecular formula is C10H12N2. The summed E-state index contributed by atoms with van der Waals surface area (Å²) >= 11 is 0. The van der Waals surface area contributed by atoms with Crippen molar-refractivity contribution in [3.63, 3.8) is 0 Å². The van der Waals surface area contributed by atoms with Crippen LogP contribution in [0.5, 0.6) is 0 Å². The van der Waals surface area contributed by atoms with Crippen molar-refractivity contribution < 1.29 is 0 Å². The van der Waals surface area contributed by atoms with E-state index < -0.39 is 0 Å². The first-order valence-electron chi connectivity index (χ1n) is 4.28. The highest BCUT2D eigenvalue weighted by atomic mass is 15.0. The van der Waals surface area contributed by atoms with Crippen LogP contribution in [0.4, 0.5) is 0 Å². The lowest BCUT2D eigenvalue weighted by Gasteiger charge is -2.03. The standard InChI is InChI=1S/C10H12N2/c1-7(2)10-11-8-5-3-4-6-9(8)12-10/h3-8H,1-2H3. The number of fused-ring (bicyclic) bond motifs is 1. The van der Waals surface area contributed by atoms with Crippen LogP contribution in [0.15, 0.2) is 34.3 Å². The molecule has 0 saturated carbocycles. The molecule has 2 heteroatoms. The molecule has 0 bridgehead atoms. The summed E-state index contributed by atoms with van der Waals surface area (Å²) in [5.41, 5.74) is 1.08. The zero-order valence-electron chi connectivity index (χ0n) is 7.36. The van der Waals surface area contributed by atoms with E-state index in [-0.39, 0.29) is 6.04 Å². The highest BCUT2D eigenvalue weighted by Crippen LogP contribution is 2.16. The van der Waals surface area contributed by atoms with Crippen molar-refractivity contribution in [1.82, 2.24) is 0 Å². The number of aliphatic imine (C=N–C) groups is 2. The van der Waals surface area contributed by atoms with Gasteiger partial charge in [0.05, 0.1) is 5.71 Å². The van der Waals surface area contributed by atoms with Gasteiger partial charge in [-0.05, 0) is 6.08 Å². The molecular weight excluding hydrogens is 148 g/mol. The van der Waals surface area contributed by atoms with Crippen LogP contribution < -0.4 is 0 Å². The van der Waals surface area contributed by atoms with E-state index in [0.29, 0.717) is 5.92 Å². The third-order valence-electron chi connectivity index (χ3n) is 2.01. The number of hydrogen-bond acceptors (Lipinski definition) is 2. The van der Waals surface area contributed by atoms with E-state index in [1.807, 2.05) is 18.2 Å². The highest BCUT2D eigenvalue weighted by Gasteiger charge is 2.20. The number of amidine groups is 1. The summed E-state index contributed by atoms with van der Waals surface area (Å²) in [4.78, 5) is 8.92. The predicted molar refractivity (Wildman–Crippen MR) is 51.8 cm³/mol. The lowest BCUT2D eigenvalue weighted by Crippen LogP contribution is -2.11. The summed E-state index contributed by atoms with van der Waals surface area (Å²) in [6.45, 7) is 4.24. The van der Waals surface area contributed by atoms with Crippen LogP contribution in [0.3, 0.4) is 0 Å². The molecule has 62 valence electrons. The van der Waals surface area contributed by atoms with Crippen molar-refractivity contribution in [3.8, 4) is 0 Å². The molecule has 1 atom stereocenters. The fourth-order valence-corrected chi connectivity index (χ4v) is 1.32. The van der Waals surface area contributed by atoms with Gasteiger partial charge in [-0.25, -0.2) is 4.99 Å². The Morgan fingerprint density at radius 3 is 2.83 bits per heavy atom. The van der Waals surface area contributed by atoms with Gasteiger partial charge in [-0.3, -0.25) is 4.99 Å². The van der Waals surface area contributed by atoms with Crippen LogP contribution in [0.2, 0.25) is 0 Å². The summed E-state index contributed by atoms with van der Waals surface area (Å²) < 4.78 is 0. The molecule has 0 aromatic heterocycles. The molecule has 0 aromatic carbocycles. The van der Waals surface area contributed by atoms with E-state index in [2.05, 4.69) is 29.9 Å². The van der Waals surface area contributed by atoms with Crippen LogP contribution in [-0.2, 0) is 0 Å². The lowest BCUT2D eigenvalue weighted by atomic mass is 10.1. The molecule has 1 heterocycles. The molecule has 0 aromatic rings. The third kappa shape index (κ3) is 1.13. The van der Waals surface area contributed by atoms with Gasteiger partial charge in [-0.15, -0.1) is 0 Å². The maximum absolute atomic E-state index is 4.48. The van der Waals surface area contributed by atoms with E-state index in [4.69, 9.17) is 0 Å². The molecule has 2 rings (SSSR count). The SMILES string of the molecule is CC(C)C1=NC2C=CC=CC2=N1. The van der Waals surface area contributed by atoms with Crippen LogP contribution in [0.25, 0.3) is 0 Å². The van der Waals surface area contributed by atoms with Crippen molar-refractivity contribution in [3.05, 3.63) is 24.3 Å². The first-order valence-corrected chi connectivity index (χ1v) is 4.28. The molecule has 2 aliphatic rings. The first-order chi connectivity index (χ1) is 5.77. The average molecular weight is 160 g/mol. The minimum atomic E-state index is 0.201. The second-order valence-electron chi connectivity index (χ2n) is 3.37. The van der Waals surface area contributed by atoms with Gasteiger partial charge in [0.15, 0.2) is 0 Å². The van der Waals surface area contributed by atoms with Gasteiger partial charge in [-0.2, -0.15) is 0 Å². The Hall–Kier alpha value is -1.18. The van der Waals surface area contributed by atoms with Gasteiger partial charge in [0, 0.05) is 5.92 Å². The van der Waals surface area contributed by atoms with E-state index in [1.165, 1.54) is 0 Å². The quantitative estimate of drug-likeness (QED) is 0.560. The van der Waals surface area contributed by atoms with Crippen molar-refractivity contribution in [2.75, 3.05) is 0 Å². The average Bonchev–Trinajstić information content (AvgIpc) is 2.46. The van der Waals surface area contributed by atoms with Crippen LogP contribution >= 0.6 is 0 Å². The second kappa shape index (κ2) is 2.70. The molecule has 2 nitrogen and oxygen atoms in total. The first kappa shape index (κ1) is 7.47. The van der Waals surface area contributed by atoms with Crippen LogP contribution in [0.1, 0.15) is 13.8 Å². The molecule has 0 N–H and O–H groups in total. The lowest BCUT2D eigenvalue weighted by molar-refractivity contribution is 0.868. The summed E-state index contributed by atoms with van der Waals surface area (Å²) in [6.07, 6.45) is 8.14. The Morgan fingerprint density at radius 2 is 2.17 bits per heavy atom. The van der Waals surface area contributed by atoms with Gasteiger partial charge < -0.3 is 0 Å². The Kier molecular flexibility index (Phi) is 1.68. The molecule has 1 unspecified atom stereocenters. The smallest absolute Gasteiger partial charge is 0.127 e. The van der Waals surface area contributed by atoms with Crippen molar-refractivity contribution >= 4 is 11.5 Å². The molecule has 12 heavy (non-hydrogen) atoms. The second-order valence-corrected chi connectivity index (χ2v) is 3.37. The Balaban J connectivity index is 2.29. The van der Waals surface area contributed by atoms with Gasteiger partial charge in [0.25, 0.3) is 0 Å². The highest BCUT2D eigenvalue weighted by molar-refractivity contribution is 6.13. The zero-order chi connectivity index (χ0) is 8.55. The minimum absolute atomic E-state index is 0.201. The van der Waals surface area contributed by atoms with Crippen LogP contribution in [-0.4, -0.2) is 17.6 Å². The normalized spacial score (nSPS) is 25.8. The van der Waals surface area contributed by atoms with Gasteiger partial charge in [-0.1, -0.05) is 32.1 Å². The maximum atomic E-state index is 4.48. The molecule has 0 amide bonds. The summed E-state index contributed by atoms with van der Waals surface area (Å²) in [5.74, 6) is 1.41. The Bertz CT molecular complexity index is 306. The third-order valence-corrected chi connectivity index (χ3v) is 2.01. The molecule has 1 aliphatic heterocycles. The molecule has 1 aliphatic carbocycles. The minimum Gasteiger partial charge on any atom is -0.256 e. The zero-order valence-corrected chi connectivity index (χ0v) is 7.36. The van der Waals surface area contributed by atoms with Crippen LogP contribution in [0, 0.1) is 5.92 Å². The van der Waals surface area contributed by atoms with Crippen molar-refractivity contribution in [1.29, 1.82) is 0 Å². The Morgan fingerprint density at radius 1 is 1.33 bits per heavy atom. The summed E-state index contributed by atoms with van der Waals surface area (Å²) in [7, 11) is 0. The monoisotopic (exact) mass is 160 g/mol. The topological polar surface area (TPSA) is 24.7 Å². The predicted octanol–water partition coefficient (Wildman–Crippen LogP) is 1.99. The molecule has 0 fully saturated rings. The van der Waals surface area contributed by atoms with Crippen molar-refractivity contribution in [2.24, 2.45) is 15.9 Å². The van der Waals surface area contributed by atoms with Gasteiger partial charge in [0.1, 0.15) is 11.9 Å². The molecule has 0 saturated heterocycles. The summed E-state index contributed by atoms with van der Waals surface area (Å²) in [6, 6.07) is 0.201. The largest absolute Gasteiger partial charge is 0.256 e. The molecule has 0 spiro atoms. The van der Waals surface area contributed by atoms with Crippen molar-refractivity contribution in [2.45, 2.75) is 19.9 Å². The van der Waals surface area contributed by atoms with E-state index >= 15 is 0 Å². The van der Waals surface area contributed by atoms with Gasteiger partial charge >= 0.3 is 0 Å². The van der Waals surface area contributed by atoms with E-state index in [9.17, 15) is 0 Å². The maximum Gasteiger partial charge on any atom is 0.127 e. The van der Waals surface area contributed by atoms with Gasteiger partial charge in [0.2, 0.25) is 0 Å².